The fourth-order valence-corrected chi connectivity index (χ4v) is 3.35. The Labute approximate surface area is 113 Å². The first-order valence-electron chi connectivity index (χ1n) is 7.10. The van der Waals surface area contributed by atoms with Crippen LogP contribution in [0.15, 0.2) is 18.2 Å². The maximum Gasteiger partial charge on any atom is 0.125 e. The van der Waals surface area contributed by atoms with E-state index in [0.29, 0.717) is 18.7 Å². The summed E-state index contributed by atoms with van der Waals surface area (Å²) in [4.78, 5) is 2.34. The van der Waals surface area contributed by atoms with E-state index in [1.165, 1.54) is 6.42 Å². The molecular weight excluding hydrogens is 243 g/mol. The van der Waals surface area contributed by atoms with E-state index >= 15 is 0 Å². The van der Waals surface area contributed by atoms with E-state index in [9.17, 15) is 4.39 Å². The fraction of sp³-hybridized carbons (Fsp3) is 0.600. The summed E-state index contributed by atoms with van der Waals surface area (Å²) in [6, 6.07) is 5.78. The smallest absolute Gasteiger partial charge is 0.125 e. The molecule has 1 heterocycles. The van der Waals surface area contributed by atoms with Crippen molar-refractivity contribution in [2.24, 2.45) is 0 Å². The van der Waals surface area contributed by atoms with Crippen LogP contribution in [0.4, 0.5) is 10.1 Å². The lowest BCUT2D eigenvalue weighted by molar-refractivity contribution is 0.0256. The van der Waals surface area contributed by atoms with Crippen LogP contribution >= 0.6 is 0 Å². The molecular formula is C15H21FN2O. The van der Waals surface area contributed by atoms with Crippen molar-refractivity contribution >= 4 is 5.69 Å². The summed E-state index contributed by atoms with van der Waals surface area (Å²) < 4.78 is 19.6. The van der Waals surface area contributed by atoms with Crippen LogP contribution in [-0.2, 0) is 11.3 Å². The molecule has 19 heavy (non-hydrogen) atoms. The molecule has 1 saturated carbocycles. The van der Waals surface area contributed by atoms with E-state index < -0.39 is 0 Å². The number of rotatable bonds is 3. The van der Waals surface area contributed by atoms with Crippen LogP contribution < -0.4 is 10.2 Å². The molecule has 0 radical (unpaired) electrons. The number of hydrogen-bond acceptors (Lipinski definition) is 3. The Bertz CT molecular complexity index is 452. The Morgan fingerprint density at radius 3 is 3.11 bits per heavy atom. The lowest BCUT2D eigenvalue weighted by atomic mass is 10.1. The summed E-state index contributed by atoms with van der Waals surface area (Å²) in [6.45, 7) is 2.31. The topological polar surface area (TPSA) is 24.5 Å². The van der Waals surface area contributed by atoms with Crippen molar-refractivity contribution in [3.8, 4) is 0 Å². The van der Waals surface area contributed by atoms with Crippen LogP contribution in [0.25, 0.3) is 0 Å². The van der Waals surface area contributed by atoms with E-state index in [2.05, 4.69) is 16.3 Å². The second-order valence-corrected chi connectivity index (χ2v) is 5.45. The van der Waals surface area contributed by atoms with Crippen LogP contribution in [0.2, 0.25) is 0 Å². The lowest BCUT2D eigenvalue weighted by Crippen LogP contribution is -2.48. The normalized spacial score (nSPS) is 26.5. The van der Waals surface area contributed by atoms with Gasteiger partial charge in [-0.3, -0.25) is 0 Å². The van der Waals surface area contributed by atoms with Crippen LogP contribution in [0.5, 0.6) is 0 Å². The Morgan fingerprint density at radius 2 is 2.26 bits per heavy atom. The van der Waals surface area contributed by atoms with Crippen molar-refractivity contribution < 1.29 is 9.13 Å². The highest BCUT2D eigenvalue weighted by Crippen LogP contribution is 2.33. The highest BCUT2D eigenvalue weighted by Gasteiger charge is 2.36. The van der Waals surface area contributed by atoms with E-state index in [4.69, 9.17) is 4.74 Å². The highest BCUT2D eigenvalue weighted by molar-refractivity contribution is 5.51. The first-order chi connectivity index (χ1) is 9.28. The molecule has 1 aromatic rings. The van der Waals surface area contributed by atoms with E-state index in [1.54, 1.807) is 12.1 Å². The van der Waals surface area contributed by atoms with Crippen molar-refractivity contribution in [2.75, 3.05) is 25.1 Å². The molecule has 2 unspecified atom stereocenters. The SMILES string of the molecule is CNCc1cc(F)cc(N2CCOC3CCCC32)c1. The average molecular weight is 264 g/mol. The van der Waals surface area contributed by atoms with Crippen molar-refractivity contribution in [2.45, 2.75) is 38.0 Å². The maximum absolute atomic E-state index is 13.8. The zero-order chi connectivity index (χ0) is 13.2. The molecule has 0 spiro atoms. The molecule has 2 fully saturated rings. The van der Waals surface area contributed by atoms with Crippen LogP contribution in [-0.4, -0.2) is 32.3 Å². The molecule has 1 aromatic carbocycles. The van der Waals surface area contributed by atoms with Crippen molar-refractivity contribution in [1.82, 2.24) is 5.32 Å². The third-order valence-electron chi connectivity index (χ3n) is 4.14. The number of fused-ring (bicyclic) bond motifs is 1. The lowest BCUT2D eigenvalue weighted by Gasteiger charge is -2.39. The van der Waals surface area contributed by atoms with Gasteiger partial charge in [0.25, 0.3) is 0 Å². The largest absolute Gasteiger partial charge is 0.374 e. The number of benzene rings is 1. The Balaban J connectivity index is 1.87. The minimum atomic E-state index is -0.149. The first-order valence-corrected chi connectivity index (χ1v) is 7.10. The van der Waals surface area contributed by atoms with E-state index in [-0.39, 0.29) is 5.82 Å². The zero-order valence-electron chi connectivity index (χ0n) is 11.4. The fourth-order valence-electron chi connectivity index (χ4n) is 3.35. The van der Waals surface area contributed by atoms with Gasteiger partial charge in [-0.25, -0.2) is 4.39 Å². The van der Waals surface area contributed by atoms with Gasteiger partial charge in [-0.1, -0.05) is 0 Å². The number of hydrogen-bond donors (Lipinski definition) is 1. The predicted molar refractivity (Wildman–Crippen MR) is 73.9 cm³/mol. The molecule has 3 nitrogen and oxygen atoms in total. The standard InChI is InChI=1S/C15H21FN2O/c1-17-10-11-7-12(16)9-13(8-11)18-5-6-19-15-4-2-3-14(15)18/h7-9,14-15,17H,2-6,10H2,1H3. The third-order valence-corrected chi connectivity index (χ3v) is 4.14. The molecule has 3 rings (SSSR count). The molecule has 0 amide bonds. The molecule has 4 heteroatoms. The van der Waals surface area contributed by atoms with Gasteiger partial charge in [-0.2, -0.15) is 0 Å². The summed E-state index contributed by atoms with van der Waals surface area (Å²) in [5, 5.41) is 3.08. The molecule has 0 aromatic heterocycles. The summed E-state index contributed by atoms with van der Waals surface area (Å²) in [5.41, 5.74) is 2.00. The van der Waals surface area contributed by atoms with Gasteiger partial charge in [0.2, 0.25) is 0 Å². The molecule has 0 bridgehead atoms. The molecule has 1 aliphatic heterocycles. The van der Waals surface area contributed by atoms with Crippen molar-refractivity contribution in [3.05, 3.63) is 29.6 Å². The van der Waals surface area contributed by atoms with Crippen LogP contribution in [0, 0.1) is 5.82 Å². The summed E-state index contributed by atoms with van der Waals surface area (Å²) in [5.74, 6) is -0.149. The van der Waals surface area contributed by atoms with Crippen molar-refractivity contribution in [1.29, 1.82) is 0 Å². The molecule has 1 aliphatic carbocycles. The van der Waals surface area contributed by atoms with Gasteiger partial charge in [0.15, 0.2) is 0 Å². The summed E-state index contributed by atoms with van der Waals surface area (Å²) >= 11 is 0. The number of morpholine rings is 1. The average Bonchev–Trinajstić information content (AvgIpc) is 2.86. The van der Waals surface area contributed by atoms with Crippen molar-refractivity contribution in [3.63, 3.8) is 0 Å². The predicted octanol–water partition coefficient (Wildman–Crippen LogP) is 2.30. The van der Waals surface area contributed by atoms with E-state index in [1.807, 2.05) is 7.05 Å². The van der Waals surface area contributed by atoms with E-state index in [0.717, 1.165) is 37.2 Å². The number of ether oxygens (including phenoxy) is 1. The summed E-state index contributed by atoms with van der Waals surface area (Å²) in [6.07, 6.45) is 3.84. The molecule has 104 valence electrons. The second-order valence-electron chi connectivity index (χ2n) is 5.45. The second kappa shape index (κ2) is 5.47. The quantitative estimate of drug-likeness (QED) is 0.906. The highest BCUT2D eigenvalue weighted by atomic mass is 19.1. The van der Waals surface area contributed by atoms with Gasteiger partial charge >= 0.3 is 0 Å². The number of nitrogens with one attached hydrogen (secondary N) is 1. The van der Waals surface area contributed by atoms with Gasteiger partial charge < -0.3 is 15.0 Å². The van der Waals surface area contributed by atoms with Gasteiger partial charge in [-0.15, -0.1) is 0 Å². The maximum atomic E-state index is 13.8. The first kappa shape index (κ1) is 12.9. The number of halogens is 1. The minimum Gasteiger partial charge on any atom is -0.374 e. The summed E-state index contributed by atoms with van der Waals surface area (Å²) in [7, 11) is 1.88. The Hall–Kier alpha value is -1.13. The molecule has 1 saturated heterocycles. The molecule has 1 N–H and O–H groups in total. The minimum absolute atomic E-state index is 0.149. The zero-order valence-corrected chi connectivity index (χ0v) is 11.4. The van der Waals surface area contributed by atoms with Gasteiger partial charge in [0, 0.05) is 18.8 Å². The molecule has 2 aliphatic rings. The van der Waals surface area contributed by atoms with Crippen LogP contribution in [0.3, 0.4) is 0 Å². The van der Waals surface area contributed by atoms with Gasteiger partial charge in [0.05, 0.1) is 18.8 Å². The van der Waals surface area contributed by atoms with Crippen LogP contribution in [0.1, 0.15) is 24.8 Å². The Kier molecular flexibility index (Phi) is 3.71. The molecule has 2 atom stereocenters. The third kappa shape index (κ3) is 2.60. The number of anilines is 1. The Morgan fingerprint density at radius 1 is 1.37 bits per heavy atom. The monoisotopic (exact) mass is 264 g/mol. The van der Waals surface area contributed by atoms with Gasteiger partial charge in [-0.05, 0) is 50.1 Å². The van der Waals surface area contributed by atoms with Gasteiger partial charge in [0.1, 0.15) is 5.82 Å². The number of nitrogens with zero attached hydrogens (tertiary/aromatic N) is 1.